The Hall–Kier alpha value is -1.46. The van der Waals surface area contributed by atoms with Crippen LogP contribution in [0.2, 0.25) is 0 Å². The Morgan fingerprint density at radius 1 is 0.966 bits per heavy atom. The van der Waals surface area contributed by atoms with Gasteiger partial charge in [-0.15, -0.1) is 9.24 Å². The Kier molecular flexibility index (Phi) is 8.65. The lowest BCUT2D eigenvalue weighted by Gasteiger charge is -2.39. The summed E-state index contributed by atoms with van der Waals surface area (Å²) in [5.74, 6) is 0.929. The van der Waals surface area contributed by atoms with E-state index in [0.29, 0.717) is 32.2 Å². The number of hydrogen-bond donors (Lipinski definition) is 0. The van der Waals surface area contributed by atoms with Crippen LogP contribution in [0.4, 0.5) is 4.39 Å². The molecule has 0 radical (unpaired) electrons. The zero-order valence-electron chi connectivity index (χ0n) is 18.0. The Morgan fingerprint density at radius 3 is 2.24 bits per heavy atom. The van der Waals surface area contributed by atoms with Crippen molar-refractivity contribution in [2.75, 3.05) is 13.4 Å². The lowest BCUT2D eigenvalue weighted by atomic mass is 9.81. The number of benzene rings is 2. The van der Waals surface area contributed by atoms with E-state index in [1.807, 2.05) is 25.1 Å². The molecule has 1 atom stereocenters. The highest BCUT2D eigenvalue weighted by atomic mass is 31.0. The first-order valence-corrected chi connectivity index (χ1v) is 10.3. The van der Waals surface area contributed by atoms with Gasteiger partial charge in [0.2, 0.25) is 0 Å². The van der Waals surface area contributed by atoms with E-state index in [9.17, 15) is 4.39 Å². The molecule has 2 aromatic carbocycles. The third-order valence-corrected chi connectivity index (χ3v) is 5.69. The molecule has 0 saturated heterocycles. The molecule has 29 heavy (non-hydrogen) atoms. The third kappa shape index (κ3) is 7.38. The molecule has 2 aromatic rings. The predicted molar refractivity (Wildman–Crippen MR) is 120 cm³/mol. The van der Waals surface area contributed by atoms with Gasteiger partial charge in [0.1, 0.15) is 24.1 Å². The van der Waals surface area contributed by atoms with Crippen LogP contribution in [0, 0.1) is 5.82 Å². The smallest absolute Gasteiger partial charge is 0.309 e. The van der Waals surface area contributed by atoms with Crippen LogP contribution >= 0.6 is 9.24 Å². The highest BCUT2D eigenvalue weighted by Crippen LogP contribution is 2.33. The van der Waals surface area contributed by atoms with Crippen LogP contribution in [-0.4, -0.2) is 31.6 Å². The highest BCUT2D eigenvalue weighted by molar-refractivity contribution is 7.19. The van der Waals surface area contributed by atoms with Gasteiger partial charge in [-0.2, -0.15) is 0 Å². The Labute approximate surface area is 176 Å². The lowest BCUT2D eigenvalue weighted by Crippen LogP contribution is -2.45. The number of rotatable bonds is 11. The average molecular weight is 420 g/mol. The molecular formula is C22H31BFO4P. The van der Waals surface area contributed by atoms with Crippen molar-refractivity contribution in [2.45, 2.75) is 52.0 Å². The number of halogens is 1. The van der Waals surface area contributed by atoms with Crippen molar-refractivity contribution in [3.8, 4) is 11.5 Å². The summed E-state index contributed by atoms with van der Waals surface area (Å²) >= 11 is 0. The fraction of sp³-hybridized carbons (Fsp3) is 0.455. The van der Waals surface area contributed by atoms with E-state index in [4.69, 9.17) is 18.9 Å². The van der Waals surface area contributed by atoms with Crippen LogP contribution in [0.1, 0.15) is 40.2 Å². The van der Waals surface area contributed by atoms with Gasteiger partial charge in [0.05, 0.1) is 12.2 Å². The average Bonchev–Trinajstić information content (AvgIpc) is 2.65. The molecule has 158 valence electrons. The van der Waals surface area contributed by atoms with Crippen molar-refractivity contribution < 1.29 is 23.3 Å². The molecule has 0 aliphatic heterocycles. The second kappa shape index (κ2) is 10.5. The van der Waals surface area contributed by atoms with Gasteiger partial charge in [-0.1, -0.05) is 19.9 Å². The molecule has 7 heteroatoms. The normalized spacial score (nSPS) is 12.1. The number of hydrogen-bond acceptors (Lipinski definition) is 4. The van der Waals surface area contributed by atoms with Gasteiger partial charge in [0.15, 0.2) is 0 Å². The molecule has 0 bridgehead atoms. The zero-order chi connectivity index (χ0) is 21.5. The van der Waals surface area contributed by atoms with E-state index in [0.717, 1.165) is 11.0 Å². The minimum Gasteiger partial charge on any atom is -0.457 e. The van der Waals surface area contributed by atoms with Gasteiger partial charge in [-0.05, 0) is 68.2 Å². The molecule has 0 heterocycles. The van der Waals surface area contributed by atoms with E-state index < -0.39 is 0 Å². The third-order valence-electron chi connectivity index (χ3n) is 5.00. The van der Waals surface area contributed by atoms with Crippen LogP contribution in [0.5, 0.6) is 11.5 Å². The SMILES string of the molecule is CCOCOCc1cc(Oc2ccc(F)cc2)ccc1BOC(C)(C)C(C)(C)P. The molecule has 0 saturated carbocycles. The monoisotopic (exact) mass is 420 g/mol. The summed E-state index contributed by atoms with van der Waals surface area (Å²) < 4.78 is 36.1. The largest absolute Gasteiger partial charge is 0.457 e. The first-order chi connectivity index (χ1) is 13.6. The lowest BCUT2D eigenvalue weighted by molar-refractivity contribution is -0.0570. The Bertz CT molecular complexity index is 775. The van der Waals surface area contributed by atoms with Gasteiger partial charge < -0.3 is 18.9 Å². The van der Waals surface area contributed by atoms with E-state index in [-0.39, 0.29) is 23.4 Å². The Balaban J connectivity index is 2.16. The minimum absolute atomic E-state index is 0.0791. The molecule has 2 rings (SSSR count). The zero-order valence-corrected chi connectivity index (χ0v) is 19.1. The van der Waals surface area contributed by atoms with E-state index in [1.54, 1.807) is 12.1 Å². The molecule has 0 aliphatic carbocycles. The Morgan fingerprint density at radius 2 is 1.62 bits per heavy atom. The second-order valence-electron chi connectivity index (χ2n) is 7.97. The van der Waals surface area contributed by atoms with Crippen molar-refractivity contribution in [1.29, 1.82) is 0 Å². The van der Waals surface area contributed by atoms with Gasteiger partial charge >= 0.3 is 7.48 Å². The predicted octanol–water partition coefficient (Wildman–Crippen LogP) is 4.55. The van der Waals surface area contributed by atoms with Gasteiger partial charge in [-0.25, -0.2) is 4.39 Å². The van der Waals surface area contributed by atoms with E-state index in [2.05, 4.69) is 36.9 Å². The van der Waals surface area contributed by atoms with E-state index >= 15 is 0 Å². The molecule has 4 nitrogen and oxygen atoms in total. The maximum atomic E-state index is 13.1. The summed E-state index contributed by atoms with van der Waals surface area (Å²) in [7, 11) is 3.30. The fourth-order valence-electron chi connectivity index (χ4n) is 2.32. The fourth-order valence-corrected chi connectivity index (χ4v) is 2.40. The topological polar surface area (TPSA) is 36.9 Å². The van der Waals surface area contributed by atoms with Gasteiger partial charge in [0, 0.05) is 11.8 Å². The molecule has 0 amide bonds. The molecular weight excluding hydrogens is 389 g/mol. The van der Waals surface area contributed by atoms with Crippen LogP contribution in [-0.2, 0) is 20.7 Å². The van der Waals surface area contributed by atoms with Crippen molar-refractivity contribution in [3.63, 3.8) is 0 Å². The quantitative estimate of drug-likeness (QED) is 0.231. The van der Waals surface area contributed by atoms with Crippen LogP contribution < -0.4 is 10.2 Å². The summed E-state index contributed by atoms with van der Waals surface area (Å²) in [6.45, 7) is 11.5. The first kappa shape index (κ1) is 23.8. The molecule has 0 spiro atoms. The van der Waals surface area contributed by atoms with Crippen molar-refractivity contribution in [1.82, 2.24) is 0 Å². The van der Waals surface area contributed by atoms with Crippen molar-refractivity contribution in [3.05, 3.63) is 53.8 Å². The standard InChI is InChI=1S/C22H31BFO4P/c1-6-25-15-26-14-16-13-19(27-18-9-7-17(24)8-10-18)11-12-20(16)23-28-21(2,3)22(4,5)29/h7-13,23H,6,14-15,29H2,1-5H3. The first-order valence-electron chi connectivity index (χ1n) is 9.76. The maximum Gasteiger partial charge on any atom is 0.309 e. The molecule has 0 aromatic heterocycles. The second-order valence-corrected chi connectivity index (χ2v) is 9.41. The molecule has 0 fully saturated rings. The van der Waals surface area contributed by atoms with Gasteiger partial charge in [0.25, 0.3) is 0 Å². The van der Waals surface area contributed by atoms with Crippen molar-refractivity contribution >= 4 is 22.2 Å². The van der Waals surface area contributed by atoms with Gasteiger partial charge in [-0.3, -0.25) is 0 Å². The molecule has 1 unspecified atom stereocenters. The van der Waals surface area contributed by atoms with Crippen molar-refractivity contribution in [2.24, 2.45) is 0 Å². The summed E-state index contributed by atoms with van der Waals surface area (Å²) in [5.41, 5.74) is 1.65. The van der Waals surface area contributed by atoms with Crippen LogP contribution in [0.3, 0.4) is 0 Å². The summed E-state index contributed by atoms with van der Waals surface area (Å²) in [6.07, 6.45) is 0. The number of ether oxygens (including phenoxy) is 3. The summed E-state index contributed by atoms with van der Waals surface area (Å²) in [6, 6.07) is 11.7. The maximum absolute atomic E-state index is 13.1. The van der Waals surface area contributed by atoms with E-state index in [1.165, 1.54) is 12.1 Å². The molecule has 0 N–H and O–H groups in total. The summed E-state index contributed by atoms with van der Waals surface area (Å²) in [5, 5.41) is -0.0791. The minimum atomic E-state index is -0.329. The van der Waals surface area contributed by atoms with Crippen LogP contribution in [0.25, 0.3) is 0 Å². The summed E-state index contributed by atoms with van der Waals surface area (Å²) in [4.78, 5) is 0. The highest BCUT2D eigenvalue weighted by Gasteiger charge is 2.33. The van der Waals surface area contributed by atoms with Crippen LogP contribution in [0.15, 0.2) is 42.5 Å². The molecule has 0 aliphatic rings.